The molecule has 4 rings (SSSR count). The normalized spacial score (nSPS) is 14.9. The van der Waals surface area contributed by atoms with Gasteiger partial charge in [-0.3, -0.25) is 4.79 Å². The number of nitrogens with zero attached hydrogens (tertiary/aromatic N) is 1. The maximum atomic E-state index is 12.9. The van der Waals surface area contributed by atoms with Crippen molar-refractivity contribution in [3.63, 3.8) is 0 Å². The minimum atomic E-state index is -0.702. The summed E-state index contributed by atoms with van der Waals surface area (Å²) in [5.41, 5.74) is 11.0. The molecule has 0 aliphatic heterocycles. The standard InChI is InChI=1S/C26H30N4O2S/c1-17(25(31)29-22-13-19-9-5-6-10-20(19)14-22)32-26-24(28-15-21(27)16-33)12-11-23(30-26)18-7-3-2-4-8-18/h2-12,17,21-22,28,33H,13-16,27H2,1H3,(H,29,31)/t17-,21?/m1/s1. The fourth-order valence-electron chi connectivity index (χ4n) is 3.94. The molecule has 0 bridgehead atoms. The molecule has 7 heteroatoms. The molecule has 0 saturated heterocycles. The lowest BCUT2D eigenvalue weighted by Crippen LogP contribution is -2.43. The van der Waals surface area contributed by atoms with E-state index >= 15 is 0 Å². The highest BCUT2D eigenvalue weighted by Crippen LogP contribution is 2.28. The van der Waals surface area contributed by atoms with Gasteiger partial charge in [0.05, 0.1) is 11.4 Å². The van der Waals surface area contributed by atoms with Gasteiger partial charge in [-0.25, -0.2) is 4.98 Å². The smallest absolute Gasteiger partial charge is 0.261 e. The van der Waals surface area contributed by atoms with Gasteiger partial charge in [0.1, 0.15) is 0 Å². The molecule has 172 valence electrons. The van der Waals surface area contributed by atoms with Crippen molar-refractivity contribution in [3.8, 4) is 17.1 Å². The number of anilines is 1. The summed E-state index contributed by atoms with van der Waals surface area (Å²) in [6.45, 7) is 2.27. The Balaban J connectivity index is 1.47. The Morgan fingerprint density at radius 3 is 2.42 bits per heavy atom. The van der Waals surface area contributed by atoms with Gasteiger partial charge in [0.2, 0.25) is 5.88 Å². The van der Waals surface area contributed by atoms with Crippen LogP contribution in [0.1, 0.15) is 18.1 Å². The number of pyridine rings is 1. The van der Waals surface area contributed by atoms with E-state index in [1.165, 1.54) is 11.1 Å². The van der Waals surface area contributed by atoms with Crippen LogP contribution in [-0.4, -0.2) is 41.4 Å². The number of benzene rings is 2. The third-order valence-corrected chi connectivity index (χ3v) is 6.24. The first-order chi connectivity index (χ1) is 16.0. The number of aromatic nitrogens is 1. The van der Waals surface area contributed by atoms with Crippen LogP contribution in [0, 0.1) is 0 Å². The summed E-state index contributed by atoms with van der Waals surface area (Å²) in [5.74, 6) is 0.777. The van der Waals surface area contributed by atoms with Gasteiger partial charge in [-0.15, -0.1) is 0 Å². The van der Waals surface area contributed by atoms with Crippen LogP contribution in [0.25, 0.3) is 11.3 Å². The third kappa shape index (κ3) is 5.86. The molecule has 2 atom stereocenters. The number of rotatable bonds is 9. The number of ether oxygens (including phenoxy) is 1. The molecule has 1 heterocycles. The first-order valence-electron chi connectivity index (χ1n) is 11.2. The predicted octanol–water partition coefficient (Wildman–Crippen LogP) is 3.47. The Bertz CT molecular complexity index is 1070. The van der Waals surface area contributed by atoms with Crippen LogP contribution in [-0.2, 0) is 17.6 Å². The zero-order valence-electron chi connectivity index (χ0n) is 18.7. The second kappa shape index (κ2) is 10.7. The van der Waals surface area contributed by atoms with Gasteiger partial charge in [0.15, 0.2) is 6.10 Å². The van der Waals surface area contributed by atoms with E-state index in [-0.39, 0.29) is 18.0 Å². The van der Waals surface area contributed by atoms with Crippen molar-refractivity contribution in [3.05, 3.63) is 77.9 Å². The van der Waals surface area contributed by atoms with Crippen molar-refractivity contribution in [2.24, 2.45) is 5.73 Å². The molecule has 4 N–H and O–H groups in total. The molecule has 1 aromatic heterocycles. The number of carbonyl (C=O) groups is 1. The molecule has 3 aromatic rings. The summed E-state index contributed by atoms with van der Waals surface area (Å²) in [4.78, 5) is 17.6. The van der Waals surface area contributed by atoms with Gasteiger partial charge >= 0.3 is 0 Å². The largest absolute Gasteiger partial charge is 0.463 e. The zero-order valence-corrected chi connectivity index (χ0v) is 19.6. The van der Waals surface area contributed by atoms with Crippen molar-refractivity contribution in [1.82, 2.24) is 10.3 Å². The van der Waals surface area contributed by atoms with E-state index in [4.69, 9.17) is 15.5 Å². The average molecular weight is 463 g/mol. The highest BCUT2D eigenvalue weighted by molar-refractivity contribution is 7.80. The molecule has 1 amide bonds. The van der Waals surface area contributed by atoms with Gasteiger partial charge < -0.3 is 21.1 Å². The lowest BCUT2D eigenvalue weighted by molar-refractivity contribution is -0.128. The monoisotopic (exact) mass is 462 g/mol. The fourth-order valence-corrected chi connectivity index (χ4v) is 4.07. The van der Waals surface area contributed by atoms with E-state index in [0.717, 1.165) is 24.1 Å². The van der Waals surface area contributed by atoms with Crippen LogP contribution in [0.2, 0.25) is 0 Å². The molecule has 1 aliphatic carbocycles. The highest BCUT2D eigenvalue weighted by Gasteiger charge is 2.26. The van der Waals surface area contributed by atoms with E-state index in [1.807, 2.05) is 54.6 Å². The van der Waals surface area contributed by atoms with Crippen LogP contribution in [0.4, 0.5) is 5.69 Å². The Labute approximate surface area is 200 Å². The van der Waals surface area contributed by atoms with E-state index < -0.39 is 6.10 Å². The highest BCUT2D eigenvalue weighted by atomic mass is 32.1. The molecule has 1 unspecified atom stereocenters. The second-order valence-electron chi connectivity index (χ2n) is 8.38. The van der Waals surface area contributed by atoms with Crippen LogP contribution >= 0.6 is 12.6 Å². The summed E-state index contributed by atoms with van der Waals surface area (Å²) in [6, 6.07) is 22.0. The first-order valence-corrected chi connectivity index (χ1v) is 11.9. The van der Waals surface area contributed by atoms with Crippen molar-refractivity contribution < 1.29 is 9.53 Å². The summed E-state index contributed by atoms with van der Waals surface area (Å²) >= 11 is 4.24. The quantitative estimate of drug-likeness (QED) is 0.366. The zero-order chi connectivity index (χ0) is 23.2. The SMILES string of the molecule is C[C@@H](Oc1nc(-c2ccccc2)ccc1NCC(N)CS)C(=O)NC1Cc2ccccc2C1. The number of hydrogen-bond donors (Lipinski definition) is 4. The maximum Gasteiger partial charge on any atom is 0.261 e. The maximum absolute atomic E-state index is 12.9. The molecular formula is C26H30N4O2S. The molecule has 0 radical (unpaired) electrons. The first kappa shape index (κ1) is 23.1. The second-order valence-corrected chi connectivity index (χ2v) is 8.75. The number of amides is 1. The Kier molecular flexibility index (Phi) is 7.52. The van der Waals surface area contributed by atoms with Crippen molar-refractivity contribution >= 4 is 24.2 Å². The van der Waals surface area contributed by atoms with Gasteiger partial charge in [0, 0.05) is 29.9 Å². The number of nitrogens with two attached hydrogens (primary N) is 1. The van der Waals surface area contributed by atoms with E-state index in [1.54, 1.807) is 6.92 Å². The Morgan fingerprint density at radius 2 is 1.76 bits per heavy atom. The van der Waals surface area contributed by atoms with Gasteiger partial charge in [0.25, 0.3) is 5.91 Å². The Hall–Kier alpha value is -3.03. The minimum absolute atomic E-state index is 0.0792. The predicted molar refractivity (Wildman–Crippen MR) is 136 cm³/mol. The minimum Gasteiger partial charge on any atom is -0.463 e. The van der Waals surface area contributed by atoms with Crippen LogP contribution in [0.5, 0.6) is 5.88 Å². The van der Waals surface area contributed by atoms with Gasteiger partial charge in [-0.05, 0) is 43.0 Å². The summed E-state index contributed by atoms with van der Waals surface area (Å²) in [5, 5.41) is 6.41. The van der Waals surface area contributed by atoms with E-state index in [9.17, 15) is 4.79 Å². The molecule has 1 aliphatic rings. The lowest BCUT2D eigenvalue weighted by Gasteiger charge is -2.20. The summed E-state index contributed by atoms with van der Waals surface area (Å²) in [6.07, 6.45) is 0.974. The van der Waals surface area contributed by atoms with E-state index in [0.29, 0.717) is 23.9 Å². The summed E-state index contributed by atoms with van der Waals surface area (Å²) in [7, 11) is 0. The molecule has 33 heavy (non-hydrogen) atoms. The number of fused-ring (bicyclic) bond motifs is 1. The Morgan fingerprint density at radius 1 is 1.09 bits per heavy atom. The molecule has 0 saturated carbocycles. The third-order valence-electron chi connectivity index (χ3n) is 5.77. The van der Waals surface area contributed by atoms with Crippen LogP contribution < -0.4 is 21.1 Å². The number of carbonyl (C=O) groups excluding carboxylic acids is 1. The molecular weight excluding hydrogens is 432 g/mol. The molecule has 0 fully saturated rings. The molecule has 0 spiro atoms. The molecule has 2 aromatic carbocycles. The molecule has 6 nitrogen and oxygen atoms in total. The summed E-state index contributed by atoms with van der Waals surface area (Å²) < 4.78 is 6.08. The number of thiol groups is 1. The van der Waals surface area contributed by atoms with Gasteiger partial charge in [-0.2, -0.15) is 12.6 Å². The van der Waals surface area contributed by atoms with E-state index in [2.05, 4.69) is 35.4 Å². The average Bonchev–Trinajstić information content (AvgIpc) is 3.25. The lowest BCUT2D eigenvalue weighted by atomic mass is 10.1. The van der Waals surface area contributed by atoms with Crippen molar-refractivity contribution in [2.45, 2.75) is 38.0 Å². The van der Waals surface area contributed by atoms with Crippen LogP contribution in [0.15, 0.2) is 66.7 Å². The topological polar surface area (TPSA) is 89.3 Å². The van der Waals surface area contributed by atoms with Crippen molar-refractivity contribution in [2.75, 3.05) is 17.6 Å². The number of hydrogen-bond acceptors (Lipinski definition) is 6. The van der Waals surface area contributed by atoms with Gasteiger partial charge in [-0.1, -0.05) is 54.6 Å². The van der Waals surface area contributed by atoms with Crippen LogP contribution in [0.3, 0.4) is 0 Å². The van der Waals surface area contributed by atoms with Crippen molar-refractivity contribution in [1.29, 1.82) is 0 Å². The fraction of sp³-hybridized carbons (Fsp3) is 0.308. The number of nitrogens with one attached hydrogen (secondary N) is 2.